The monoisotopic (exact) mass is 368 g/mol. The van der Waals surface area contributed by atoms with Crippen molar-refractivity contribution in [2.24, 2.45) is 0 Å². The first-order valence-electron chi connectivity index (χ1n) is 9.13. The number of hydrogen-bond acceptors (Lipinski definition) is 4. The van der Waals surface area contributed by atoms with E-state index in [4.69, 9.17) is 9.47 Å². The highest BCUT2D eigenvalue weighted by atomic mass is 16.5. The van der Waals surface area contributed by atoms with Crippen LogP contribution in [0.4, 0.5) is 0 Å². The molecule has 0 spiro atoms. The summed E-state index contributed by atoms with van der Waals surface area (Å²) < 4.78 is 10.9. The van der Waals surface area contributed by atoms with Gasteiger partial charge in [-0.15, -0.1) is 0 Å². The molecule has 0 aliphatic carbocycles. The van der Waals surface area contributed by atoms with E-state index in [9.17, 15) is 9.59 Å². The molecule has 1 aliphatic rings. The summed E-state index contributed by atoms with van der Waals surface area (Å²) in [4.78, 5) is 27.1. The van der Waals surface area contributed by atoms with E-state index in [1.165, 1.54) is 0 Å². The van der Waals surface area contributed by atoms with Crippen LogP contribution in [0.3, 0.4) is 0 Å². The van der Waals surface area contributed by atoms with Crippen LogP contribution in [0.15, 0.2) is 60.7 Å². The topological polar surface area (TPSA) is 67.9 Å². The lowest BCUT2D eigenvalue weighted by Gasteiger charge is -2.31. The molecule has 3 rings (SSSR count). The molecule has 1 atom stereocenters. The summed E-state index contributed by atoms with van der Waals surface area (Å²) in [6.07, 6.45) is 0.175. The fraction of sp³-hybridized carbons (Fsp3) is 0.333. The number of ether oxygens (including phenoxy) is 2. The zero-order valence-electron chi connectivity index (χ0n) is 15.2. The van der Waals surface area contributed by atoms with E-state index in [1.807, 2.05) is 60.7 Å². The molecule has 1 aliphatic heterocycles. The molecular formula is C21H24N2O4. The van der Waals surface area contributed by atoms with Gasteiger partial charge < -0.3 is 19.7 Å². The van der Waals surface area contributed by atoms with E-state index in [2.05, 4.69) is 5.32 Å². The van der Waals surface area contributed by atoms with Crippen LogP contribution in [0.2, 0.25) is 0 Å². The van der Waals surface area contributed by atoms with Crippen molar-refractivity contribution < 1.29 is 19.1 Å². The summed E-state index contributed by atoms with van der Waals surface area (Å²) in [6, 6.07) is 17.9. The quantitative estimate of drug-likeness (QED) is 0.813. The highest BCUT2D eigenvalue weighted by molar-refractivity contribution is 5.88. The summed E-state index contributed by atoms with van der Waals surface area (Å²) >= 11 is 0. The third kappa shape index (κ3) is 5.56. The van der Waals surface area contributed by atoms with Crippen LogP contribution in [0.25, 0.3) is 0 Å². The molecule has 2 aromatic carbocycles. The Balaban J connectivity index is 1.60. The van der Waals surface area contributed by atoms with E-state index in [-0.39, 0.29) is 24.8 Å². The van der Waals surface area contributed by atoms with E-state index >= 15 is 0 Å². The van der Waals surface area contributed by atoms with Crippen molar-refractivity contribution in [3.63, 3.8) is 0 Å². The van der Waals surface area contributed by atoms with Gasteiger partial charge in [0, 0.05) is 13.1 Å². The second kappa shape index (κ2) is 9.73. The number of carbonyl (C=O) groups is 2. The minimum absolute atomic E-state index is 0.109. The van der Waals surface area contributed by atoms with Crippen molar-refractivity contribution in [3.05, 3.63) is 66.2 Å². The molecular weight excluding hydrogens is 344 g/mol. The average Bonchev–Trinajstić information content (AvgIpc) is 2.73. The maximum Gasteiger partial charge on any atom is 0.249 e. The molecule has 0 saturated carbocycles. The molecule has 142 valence electrons. The van der Waals surface area contributed by atoms with Crippen LogP contribution in [0.5, 0.6) is 5.75 Å². The number of para-hydroxylation sites is 1. The first kappa shape index (κ1) is 18.9. The predicted octanol–water partition coefficient (Wildman–Crippen LogP) is 2.17. The van der Waals surface area contributed by atoms with Crippen LogP contribution >= 0.6 is 0 Å². The number of carbonyl (C=O) groups excluding carboxylic acids is 2. The first-order valence-corrected chi connectivity index (χ1v) is 9.13. The maximum absolute atomic E-state index is 13.0. The smallest absolute Gasteiger partial charge is 0.249 e. The van der Waals surface area contributed by atoms with Gasteiger partial charge in [0.15, 0.2) is 0 Å². The SMILES string of the molecule is O=C(CCOc1ccccc1)N[C@H](C(=O)N1CCOCC1)c1ccccc1. The highest BCUT2D eigenvalue weighted by Crippen LogP contribution is 2.17. The largest absolute Gasteiger partial charge is 0.493 e. The standard InChI is InChI=1S/C21H24N2O4/c24-19(11-14-27-18-9-5-2-6-10-18)22-20(17-7-3-1-4-8-17)21(25)23-12-15-26-16-13-23/h1-10,20H,11-16H2,(H,22,24)/t20-/m0/s1. The molecule has 1 saturated heterocycles. The van der Waals surface area contributed by atoms with Crippen molar-refractivity contribution in [2.75, 3.05) is 32.9 Å². The Labute approximate surface area is 159 Å². The third-order valence-corrected chi connectivity index (χ3v) is 4.35. The normalized spacial score (nSPS) is 15.0. The van der Waals surface area contributed by atoms with Crippen molar-refractivity contribution in [1.29, 1.82) is 0 Å². The summed E-state index contributed by atoms with van der Waals surface area (Å²) in [5.41, 5.74) is 0.770. The Hall–Kier alpha value is -2.86. The molecule has 0 radical (unpaired) electrons. The van der Waals surface area contributed by atoms with Gasteiger partial charge in [-0.05, 0) is 17.7 Å². The minimum atomic E-state index is -0.700. The van der Waals surface area contributed by atoms with Gasteiger partial charge in [0.2, 0.25) is 11.8 Å². The Morgan fingerprint density at radius 1 is 1.00 bits per heavy atom. The molecule has 6 nitrogen and oxygen atoms in total. The Morgan fingerprint density at radius 2 is 1.63 bits per heavy atom. The average molecular weight is 368 g/mol. The lowest BCUT2D eigenvalue weighted by Crippen LogP contribution is -2.47. The lowest BCUT2D eigenvalue weighted by atomic mass is 10.0. The Kier molecular flexibility index (Phi) is 6.82. The van der Waals surface area contributed by atoms with Crippen molar-refractivity contribution in [2.45, 2.75) is 12.5 Å². The summed E-state index contributed by atoms with van der Waals surface area (Å²) in [5.74, 6) is 0.387. The molecule has 2 amide bonds. The van der Waals surface area contributed by atoms with Crippen molar-refractivity contribution >= 4 is 11.8 Å². The first-order chi connectivity index (χ1) is 13.2. The van der Waals surface area contributed by atoms with Gasteiger partial charge in [-0.25, -0.2) is 0 Å². The van der Waals surface area contributed by atoms with E-state index in [0.29, 0.717) is 32.1 Å². The molecule has 0 unspecified atom stereocenters. The van der Waals surface area contributed by atoms with Crippen LogP contribution in [-0.4, -0.2) is 49.6 Å². The lowest BCUT2D eigenvalue weighted by molar-refractivity contribution is -0.140. The summed E-state index contributed by atoms with van der Waals surface area (Å²) in [6.45, 7) is 2.37. The molecule has 0 aromatic heterocycles. The molecule has 1 fully saturated rings. The van der Waals surface area contributed by atoms with Crippen LogP contribution in [0.1, 0.15) is 18.0 Å². The number of nitrogens with zero attached hydrogens (tertiary/aromatic N) is 1. The fourth-order valence-corrected chi connectivity index (χ4v) is 2.91. The molecule has 0 bridgehead atoms. The van der Waals surface area contributed by atoms with Gasteiger partial charge in [0.1, 0.15) is 11.8 Å². The fourth-order valence-electron chi connectivity index (χ4n) is 2.91. The highest BCUT2D eigenvalue weighted by Gasteiger charge is 2.28. The van der Waals surface area contributed by atoms with Crippen molar-refractivity contribution in [1.82, 2.24) is 10.2 Å². The number of morpholine rings is 1. The van der Waals surface area contributed by atoms with Crippen LogP contribution in [0, 0.1) is 0 Å². The second-order valence-electron chi connectivity index (χ2n) is 6.26. The maximum atomic E-state index is 13.0. The summed E-state index contributed by atoms with van der Waals surface area (Å²) in [5, 5.41) is 2.87. The molecule has 1 N–H and O–H groups in total. The predicted molar refractivity (Wildman–Crippen MR) is 101 cm³/mol. The van der Waals surface area contributed by atoms with E-state index in [1.54, 1.807) is 4.90 Å². The molecule has 2 aromatic rings. The number of nitrogens with one attached hydrogen (secondary N) is 1. The van der Waals surface area contributed by atoms with Gasteiger partial charge in [0.05, 0.1) is 26.2 Å². The minimum Gasteiger partial charge on any atom is -0.493 e. The van der Waals surface area contributed by atoms with Gasteiger partial charge in [-0.1, -0.05) is 48.5 Å². The van der Waals surface area contributed by atoms with Gasteiger partial charge in [-0.3, -0.25) is 9.59 Å². The second-order valence-corrected chi connectivity index (χ2v) is 6.26. The van der Waals surface area contributed by atoms with Gasteiger partial charge in [0.25, 0.3) is 0 Å². The number of benzene rings is 2. The zero-order chi connectivity index (χ0) is 18.9. The van der Waals surface area contributed by atoms with Crippen LogP contribution in [-0.2, 0) is 14.3 Å². The molecule has 27 heavy (non-hydrogen) atoms. The van der Waals surface area contributed by atoms with Crippen LogP contribution < -0.4 is 10.1 Å². The molecule has 1 heterocycles. The number of amides is 2. The van der Waals surface area contributed by atoms with Gasteiger partial charge in [-0.2, -0.15) is 0 Å². The summed E-state index contributed by atoms with van der Waals surface area (Å²) in [7, 11) is 0. The Bertz CT molecular complexity index is 730. The van der Waals surface area contributed by atoms with Gasteiger partial charge >= 0.3 is 0 Å². The van der Waals surface area contributed by atoms with E-state index in [0.717, 1.165) is 5.56 Å². The van der Waals surface area contributed by atoms with Crippen molar-refractivity contribution in [3.8, 4) is 5.75 Å². The zero-order valence-corrected chi connectivity index (χ0v) is 15.2. The third-order valence-electron chi connectivity index (χ3n) is 4.35. The number of hydrogen-bond donors (Lipinski definition) is 1. The molecule has 6 heteroatoms. The number of rotatable bonds is 7. The van der Waals surface area contributed by atoms with E-state index < -0.39 is 6.04 Å². The Morgan fingerprint density at radius 3 is 2.30 bits per heavy atom.